The second-order valence-electron chi connectivity index (χ2n) is 2.69. The van der Waals surface area contributed by atoms with Gasteiger partial charge in [-0.25, -0.2) is 4.31 Å². The Morgan fingerprint density at radius 3 is 2.40 bits per heavy atom. The van der Waals surface area contributed by atoms with Gasteiger partial charge in [-0.15, -0.1) is 0 Å². The van der Waals surface area contributed by atoms with Gasteiger partial charge in [0.15, 0.2) is 0 Å². The maximum atomic E-state index is 9.03. The molecule has 0 bridgehead atoms. The van der Waals surface area contributed by atoms with Crippen molar-refractivity contribution in [2.75, 3.05) is 13.1 Å². The van der Waals surface area contributed by atoms with Crippen LogP contribution in [0.3, 0.4) is 0 Å². The summed E-state index contributed by atoms with van der Waals surface area (Å²) in [6, 6.07) is 0. The van der Waals surface area contributed by atoms with Crippen LogP contribution >= 0.6 is 11.9 Å². The van der Waals surface area contributed by atoms with Gasteiger partial charge in [-0.2, -0.15) is 0 Å². The molecule has 0 amide bonds. The molecule has 1 aliphatic rings. The number of aliphatic hydroxyl groups is 1. The van der Waals surface area contributed by atoms with E-state index >= 15 is 0 Å². The third-order valence-corrected chi connectivity index (χ3v) is 2.59. The second kappa shape index (κ2) is 4.21. The molecule has 1 atom stereocenters. The predicted octanol–water partition coefficient (Wildman–Crippen LogP) is 1.46. The highest BCUT2D eigenvalue weighted by atomic mass is 32.2. The highest BCUT2D eigenvalue weighted by molar-refractivity contribution is 7.97. The Hall–Kier alpha value is 0.270. The molecule has 0 aliphatic carbocycles. The number of piperidine rings is 1. The molecule has 3 heteroatoms. The lowest BCUT2D eigenvalue weighted by atomic mass is 10.2. The smallest absolute Gasteiger partial charge is 0.111 e. The van der Waals surface area contributed by atoms with Crippen LogP contribution in [0, 0.1) is 0 Å². The van der Waals surface area contributed by atoms with Gasteiger partial charge >= 0.3 is 0 Å². The van der Waals surface area contributed by atoms with Crippen molar-refractivity contribution in [3.05, 3.63) is 0 Å². The van der Waals surface area contributed by atoms with Crippen molar-refractivity contribution in [2.45, 2.75) is 31.6 Å². The first-order valence-electron chi connectivity index (χ1n) is 3.89. The van der Waals surface area contributed by atoms with Gasteiger partial charge in [0.1, 0.15) is 5.44 Å². The van der Waals surface area contributed by atoms with E-state index < -0.39 is 0 Å². The summed E-state index contributed by atoms with van der Waals surface area (Å²) in [5, 5.41) is 9.03. The molecular formula is C7H15NOS. The molecule has 1 unspecified atom stereocenters. The Morgan fingerprint density at radius 2 is 1.90 bits per heavy atom. The topological polar surface area (TPSA) is 23.5 Å². The van der Waals surface area contributed by atoms with Crippen molar-refractivity contribution < 1.29 is 5.11 Å². The molecular weight excluding hydrogens is 146 g/mol. The zero-order valence-electron chi connectivity index (χ0n) is 6.42. The summed E-state index contributed by atoms with van der Waals surface area (Å²) in [6.07, 6.45) is 3.94. The third kappa shape index (κ3) is 2.90. The second-order valence-corrected chi connectivity index (χ2v) is 4.10. The zero-order valence-corrected chi connectivity index (χ0v) is 7.23. The molecule has 2 nitrogen and oxygen atoms in total. The van der Waals surface area contributed by atoms with Crippen molar-refractivity contribution in [1.82, 2.24) is 4.31 Å². The van der Waals surface area contributed by atoms with Crippen molar-refractivity contribution in [1.29, 1.82) is 0 Å². The lowest BCUT2D eigenvalue weighted by Gasteiger charge is -2.25. The summed E-state index contributed by atoms with van der Waals surface area (Å²) in [5.41, 5.74) is -0.238. The van der Waals surface area contributed by atoms with Crippen LogP contribution < -0.4 is 0 Å². The molecule has 1 N–H and O–H groups in total. The van der Waals surface area contributed by atoms with E-state index in [4.69, 9.17) is 5.11 Å². The highest BCUT2D eigenvalue weighted by Gasteiger charge is 2.11. The van der Waals surface area contributed by atoms with Gasteiger partial charge in [0.25, 0.3) is 0 Å². The molecule has 0 aromatic carbocycles. The van der Waals surface area contributed by atoms with E-state index in [1.807, 2.05) is 6.92 Å². The number of aliphatic hydroxyl groups excluding tert-OH is 1. The summed E-state index contributed by atoms with van der Waals surface area (Å²) in [5.74, 6) is 0. The minimum atomic E-state index is -0.238. The molecule has 0 saturated carbocycles. The molecule has 1 saturated heterocycles. The van der Waals surface area contributed by atoms with E-state index in [1.54, 1.807) is 11.9 Å². The van der Waals surface area contributed by atoms with E-state index in [9.17, 15) is 0 Å². The normalized spacial score (nSPS) is 24.6. The van der Waals surface area contributed by atoms with E-state index in [-0.39, 0.29) is 5.44 Å². The van der Waals surface area contributed by atoms with Crippen LogP contribution in [0.4, 0.5) is 0 Å². The molecule has 1 aliphatic heterocycles. The number of rotatable bonds is 2. The number of hydrogen-bond donors (Lipinski definition) is 1. The SMILES string of the molecule is CC(O)SN1CCCCC1. The van der Waals surface area contributed by atoms with Gasteiger partial charge in [-0.1, -0.05) is 6.42 Å². The molecule has 0 radical (unpaired) electrons. The quantitative estimate of drug-likeness (QED) is 0.490. The van der Waals surface area contributed by atoms with Crippen LogP contribution in [0.5, 0.6) is 0 Å². The van der Waals surface area contributed by atoms with Crippen LogP contribution in [0.2, 0.25) is 0 Å². The molecule has 0 spiro atoms. The van der Waals surface area contributed by atoms with E-state index in [1.165, 1.54) is 19.3 Å². The van der Waals surface area contributed by atoms with Gasteiger partial charge < -0.3 is 5.11 Å². The van der Waals surface area contributed by atoms with E-state index in [0.29, 0.717) is 0 Å². The average Bonchev–Trinajstić information content (AvgIpc) is 1.88. The molecule has 1 rings (SSSR count). The molecule has 60 valence electrons. The maximum Gasteiger partial charge on any atom is 0.111 e. The lowest BCUT2D eigenvalue weighted by Crippen LogP contribution is -2.25. The van der Waals surface area contributed by atoms with Crippen molar-refractivity contribution >= 4 is 11.9 Å². The van der Waals surface area contributed by atoms with Crippen LogP contribution in [0.15, 0.2) is 0 Å². The van der Waals surface area contributed by atoms with E-state index in [2.05, 4.69) is 4.31 Å². The Bertz CT molecular complexity index is 91.6. The van der Waals surface area contributed by atoms with E-state index in [0.717, 1.165) is 13.1 Å². The third-order valence-electron chi connectivity index (χ3n) is 1.62. The first-order chi connectivity index (χ1) is 4.79. The summed E-state index contributed by atoms with van der Waals surface area (Å²) in [6.45, 7) is 4.12. The minimum absolute atomic E-state index is 0.238. The maximum absolute atomic E-state index is 9.03. The Labute approximate surface area is 66.7 Å². The molecule has 1 heterocycles. The Kier molecular flexibility index (Phi) is 3.52. The zero-order chi connectivity index (χ0) is 7.40. The summed E-state index contributed by atoms with van der Waals surface area (Å²) in [4.78, 5) is 0. The van der Waals surface area contributed by atoms with Gasteiger partial charge in [0.05, 0.1) is 0 Å². The fourth-order valence-electron chi connectivity index (χ4n) is 1.19. The lowest BCUT2D eigenvalue weighted by molar-refractivity contribution is 0.271. The van der Waals surface area contributed by atoms with Crippen LogP contribution in [0.1, 0.15) is 26.2 Å². The van der Waals surface area contributed by atoms with Crippen LogP contribution in [-0.2, 0) is 0 Å². The Balaban J connectivity index is 2.13. The van der Waals surface area contributed by atoms with Crippen LogP contribution in [-0.4, -0.2) is 27.9 Å². The summed E-state index contributed by atoms with van der Waals surface area (Å²) in [7, 11) is 0. The Morgan fingerprint density at radius 1 is 1.30 bits per heavy atom. The van der Waals surface area contributed by atoms with Crippen molar-refractivity contribution in [2.24, 2.45) is 0 Å². The summed E-state index contributed by atoms with van der Waals surface area (Å²) < 4.78 is 2.26. The first kappa shape index (κ1) is 8.37. The minimum Gasteiger partial charge on any atom is -0.381 e. The number of nitrogens with zero attached hydrogens (tertiary/aromatic N) is 1. The van der Waals surface area contributed by atoms with Crippen molar-refractivity contribution in [3.63, 3.8) is 0 Å². The monoisotopic (exact) mass is 161 g/mol. The standard InChI is InChI=1S/C7H15NOS/c1-7(9)10-8-5-3-2-4-6-8/h7,9H,2-6H2,1H3. The molecule has 1 fully saturated rings. The van der Waals surface area contributed by atoms with Gasteiger partial charge in [0, 0.05) is 13.1 Å². The van der Waals surface area contributed by atoms with Gasteiger partial charge in [-0.05, 0) is 31.7 Å². The fraction of sp³-hybridized carbons (Fsp3) is 1.00. The fourth-order valence-corrected chi connectivity index (χ4v) is 2.09. The van der Waals surface area contributed by atoms with Crippen LogP contribution in [0.25, 0.3) is 0 Å². The molecule has 0 aromatic rings. The first-order valence-corrected chi connectivity index (χ1v) is 4.72. The predicted molar refractivity (Wildman–Crippen MR) is 44.7 cm³/mol. The summed E-state index contributed by atoms with van der Waals surface area (Å²) >= 11 is 1.56. The highest BCUT2D eigenvalue weighted by Crippen LogP contribution is 2.20. The van der Waals surface area contributed by atoms with Gasteiger partial charge in [0.2, 0.25) is 0 Å². The van der Waals surface area contributed by atoms with Gasteiger partial charge in [-0.3, -0.25) is 0 Å². The van der Waals surface area contributed by atoms with Crippen molar-refractivity contribution in [3.8, 4) is 0 Å². The molecule has 10 heavy (non-hydrogen) atoms. The molecule has 0 aromatic heterocycles. The average molecular weight is 161 g/mol. The number of hydrogen-bond acceptors (Lipinski definition) is 3. The largest absolute Gasteiger partial charge is 0.381 e.